The van der Waals surface area contributed by atoms with Crippen molar-refractivity contribution in [2.45, 2.75) is 25.2 Å². The number of carbonyl (C=O) groups excluding carboxylic acids is 1. The van der Waals surface area contributed by atoms with Crippen molar-refractivity contribution >= 4 is 36.4 Å². The Bertz CT molecular complexity index is 758. The van der Waals surface area contributed by atoms with E-state index in [9.17, 15) is 18.0 Å². The number of alkyl halides is 3. The summed E-state index contributed by atoms with van der Waals surface area (Å²) in [7, 11) is 0. The number of hydrogen-bond acceptors (Lipinski definition) is 4. The van der Waals surface area contributed by atoms with Crippen molar-refractivity contribution in [2.75, 3.05) is 11.9 Å². The zero-order valence-corrected chi connectivity index (χ0v) is 15.6. The molecule has 27 heavy (non-hydrogen) atoms. The molecule has 1 aromatic carbocycles. The number of amides is 1. The normalized spacial score (nSPS) is 15.6. The van der Waals surface area contributed by atoms with Crippen molar-refractivity contribution in [2.24, 2.45) is 0 Å². The SMILES string of the molecule is Cl.Cl.O=C(Nc1ccc(OCC(F)(F)F)nc1)C1Cc2ccccc2CN1. The fraction of sp³-hybridized carbons (Fsp3) is 0.294. The number of benzene rings is 1. The van der Waals surface area contributed by atoms with Crippen LogP contribution in [-0.4, -0.2) is 29.7 Å². The van der Waals surface area contributed by atoms with E-state index in [-0.39, 0.29) is 42.6 Å². The smallest absolute Gasteiger partial charge is 0.422 e. The van der Waals surface area contributed by atoms with Gasteiger partial charge in [-0.15, -0.1) is 24.8 Å². The zero-order chi connectivity index (χ0) is 17.9. The first kappa shape index (κ1) is 23.0. The van der Waals surface area contributed by atoms with Gasteiger partial charge in [0.2, 0.25) is 11.8 Å². The fourth-order valence-electron chi connectivity index (χ4n) is 2.56. The number of fused-ring (bicyclic) bond motifs is 1. The highest BCUT2D eigenvalue weighted by molar-refractivity contribution is 5.95. The summed E-state index contributed by atoms with van der Waals surface area (Å²) in [6.07, 6.45) is -2.58. The highest BCUT2D eigenvalue weighted by atomic mass is 35.5. The van der Waals surface area contributed by atoms with E-state index in [4.69, 9.17) is 0 Å². The van der Waals surface area contributed by atoms with Crippen LogP contribution in [-0.2, 0) is 17.8 Å². The van der Waals surface area contributed by atoms with E-state index < -0.39 is 12.8 Å². The molecule has 1 aromatic heterocycles. The average Bonchev–Trinajstić information content (AvgIpc) is 2.60. The molecule has 0 saturated carbocycles. The van der Waals surface area contributed by atoms with Crippen LogP contribution in [0.4, 0.5) is 18.9 Å². The topological polar surface area (TPSA) is 63.2 Å². The Labute approximate surface area is 166 Å². The Balaban J connectivity index is 0.00000182. The molecule has 0 radical (unpaired) electrons. The molecule has 10 heteroatoms. The van der Waals surface area contributed by atoms with Crippen LogP contribution in [0.15, 0.2) is 42.6 Å². The highest BCUT2D eigenvalue weighted by Gasteiger charge is 2.28. The monoisotopic (exact) mass is 423 g/mol. The molecule has 148 valence electrons. The number of nitrogens with zero attached hydrogens (tertiary/aromatic N) is 1. The molecule has 1 atom stereocenters. The number of pyridine rings is 1. The Morgan fingerprint density at radius 3 is 2.52 bits per heavy atom. The van der Waals surface area contributed by atoms with E-state index in [0.29, 0.717) is 18.7 Å². The van der Waals surface area contributed by atoms with E-state index in [2.05, 4.69) is 20.4 Å². The number of anilines is 1. The lowest BCUT2D eigenvalue weighted by Crippen LogP contribution is -2.44. The van der Waals surface area contributed by atoms with Gasteiger partial charge < -0.3 is 15.4 Å². The maximum atomic E-state index is 12.3. The highest BCUT2D eigenvalue weighted by Crippen LogP contribution is 2.19. The first-order valence-corrected chi connectivity index (χ1v) is 7.67. The summed E-state index contributed by atoms with van der Waals surface area (Å²) in [4.78, 5) is 16.1. The lowest BCUT2D eigenvalue weighted by Gasteiger charge is -2.25. The van der Waals surface area contributed by atoms with Crippen LogP contribution in [0.1, 0.15) is 11.1 Å². The van der Waals surface area contributed by atoms with E-state index in [0.717, 1.165) is 5.56 Å². The summed E-state index contributed by atoms with van der Waals surface area (Å²) in [6, 6.07) is 10.2. The zero-order valence-electron chi connectivity index (χ0n) is 14.0. The van der Waals surface area contributed by atoms with Crippen LogP contribution < -0.4 is 15.4 Å². The number of rotatable bonds is 4. The number of hydrogen-bond donors (Lipinski definition) is 2. The van der Waals surface area contributed by atoms with Gasteiger partial charge in [0.25, 0.3) is 0 Å². The van der Waals surface area contributed by atoms with Crippen molar-refractivity contribution in [1.29, 1.82) is 0 Å². The van der Waals surface area contributed by atoms with Gasteiger partial charge >= 0.3 is 6.18 Å². The molecule has 2 aromatic rings. The third-order valence-electron chi connectivity index (χ3n) is 3.79. The van der Waals surface area contributed by atoms with Crippen molar-refractivity contribution < 1.29 is 22.7 Å². The van der Waals surface area contributed by atoms with Crippen molar-refractivity contribution in [3.63, 3.8) is 0 Å². The number of ether oxygens (including phenoxy) is 1. The summed E-state index contributed by atoms with van der Waals surface area (Å²) in [6.45, 7) is -0.798. The van der Waals surface area contributed by atoms with Gasteiger partial charge in [0.1, 0.15) is 0 Å². The summed E-state index contributed by atoms with van der Waals surface area (Å²) < 4.78 is 40.8. The number of nitrogens with one attached hydrogen (secondary N) is 2. The molecule has 5 nitrogen and oxygen atoms in total. The minimum atomic E-state index is -4.42. The Morgan fingerprint density at radius 2 is 1.89 bits per heavy atom. The van der Waals surface area contributed by atoms with Crippen LogP contribution in [0, 0.1) is 0 Å². The number of halogens is 5. The van der Waals surface area contributed by atoms with E-state index in [1.165, 1.54) is 23.9 Å². The van der Waals surface area contributed by atoms with Crippen molar-refractivity contribution in [3.05, 3.63) is 53.7 Å². The third kappa shape index (κ3) is 6.57. The van der Waals surface area contributed by atoms with Crippen molar-refractivity contribution in [3.8, 4) is 5.88 Å². The van der Waals surface area contributed by atoms with Gasteiger partial charge in [-0.2, -0.15) is 13.2 Å². The maximum Gasteiger partial charge on any atom is 0.422 e. The molecule has 3 rings (SSSR count). The summed E-state index contributed by atoms with van der Waals surface area (Å²) >= 11 is 0. The first-order chi connectivity index (χ1) is 11.9. The molecule has 1 aliphatic rings. The summed E-state index contributed by atoms with van der Waals surface area (Å²) in [5, 5.41) is 5.86. The predicted octanol–water partition coefficient (Wildman–Crippen LogP) is 3.52. The van der Waals surface area contributed by atoms with Gasteiger partial charge in [0.15, 0.2) is 6.61 Å². The van der Waals surface area contributed by atoms with Crippen molar-refractivity contribution in [1.82, 2.24) is 10.3 Å². The lowest BCUT2D eigenvalue weighted by molar-refractivity contribution is -0.154. The molecule has 2 N–H and O–H groups in total. The Kier molecular flexibility index (Phi) is 8.33. The van der Waals surface area contributed by atoms with Gasteiger partial charge in [-0.3, -0.25) is 4.79 Å². The van der Waals surface area contributed by atoms with Crippen LogP contribution in [0.3, 0.4) is 0 Å². The number of carbonyl (C=O) groups is 1. The summed E-state index contributed by atoms with van der Waals surface area (Å²) in [5.41, 5.74) is 2.68. The van der Waals surface area contributed by atoms with Gasteiger partial charge in [-0.25, -0.2) is 4.98 Å². The lowest BCUT2D eigenvalue weighted by atomic mass is 9.95. The maximum absolute atomic E-state index is 12.3. The Hall–Kier alpha value is -2.03. The van der Waals surface area contributed by atoms with Crippen LogP contribution >= 0.6 is 24.8 Å². The van der Waals surface area contributed by atoms with Crippen LogP contribution in [0.25, 0.3) is 0 Å². The quantitative estimate of drug-likeness (QED) is 0.789. The largest absolute Gasteiger partial charge is 0.468 e. The van der Waals surface area contributed by atoms with E-state index >= 15 is 0 Å². The fourth-order valence-corrected chi connectivity index (χ4v) is 2.56. The standard InChI is InChI=1S/C17H16F3N3O2.2ClH/c18-17(19,20)10-25-15-6-5-13(9-22-15)23-16(24)14-7-11-3-1-2-4-12(11)8-21-14;;/h1-6,9,14,21H,7-8,10H2,(H,23,24);2*1H. The van der Waals surface area contributed by atoms with Gasteiger partial charge in [0.05, 0.1) is 17.9 Å². The molecular formula is C17H18Cl2F3N3O2. The van der Waals surface area contributed by atoms with E-state index in [1.54, 1.807) is 0 Å². The molecule has 1 aliphatic heterocycles. The second-order valence-corrected chi connectivity index (χ2v) is 5.68. The molecule has 0 saturated heterocycles. The molecule has 0 spiro atoms. The second-order valence-electron chi connectivity index (χ2n) is 5.68. The average molecular weight is 424 g/mol. The molecular weight excluding hydrogens is 406 g/mol. The van der Waals surface area contributed by atoms with Crippen LogP contribution in [0.2, 0.25) is 0 Å². The molecule has 1 amide bonds. The molecule has 0 aliphatic carbocycles. The third-order valence-corrected chi connectivity index (χ3v) is 3.79. The minimum Gasteiger partial charge on any atom is -0.468 e. The minimum absolute atomic E-state index is 0. The van der Waals surface area contributed by atoms with Gasteiger partial charge in [-0.05, 0) is 23.6 Å². The molecule has 2 heterocycles. The molecule has 0 fully saturated rings. The van der Waals surface area contributed by atoms with Gasteiger partial charge in [0, 0.05) is 12.6 Å². The van der Waals surface area contributed by atoms with Crippen LogP contribution in [0.5, 0.6) is 5.88 Å². The predicted molar refractivity (Wildman–Crippen MR) is 99.7 cm³/mol. The first-order valence-electron chi connectivity index (χ1n) is 7.67. The molecule has 0 bridgehead atoms. The second kappa shape index (κ2) is 9.77. The molecule has 1 unspecified atom stereocenters. The van der Waals surface area contributed by atoms with Gasteiger partial charge in [-0.1, -0.05) is 24.3 Å². The summed E-state index contributed by atoms with van der Waals surface area (Å²) in [5.74, 6) is -0.375. The van der Waals surface area contributed by atoms with E-state index in [1.807, 2.05) is 24.3 Å². The Morgan fingerprint density at radius 1 is 1.19 bits per heavy atom. The number of aromatic nitrogens is 1.